The minimum atomic E-state index is 0.565. The van der Waals surface area contributed by atoms with Crippen molar-refractivity contribution in [1.82, 2.24) is 10.2 Å². The molecule has 0 spiro atoms. The van der Waals surface area contributed by atoms with Crippen LogP contribution in [0.4, 0.5) is 5.69 Å². The number of aromatic nitrogens is 2. The Kier molecular flexibility index (Phi) is 3.36. The van der Waals surface area contributed by atoms with Crippen molar-refractivity contribution < 1.29 is 4.42 Å². The summed E-state index contributed by atoms with van der Waals surface area (Å²) in [4.78, 5) is 0.920. The largest absolute Gasteiger partial charge is 0.425 e. The number of thioether (sulfide) groups is 1. The van der Waals surface area contributed by atoms with E-state index in [4.69, 9.17) is 21.8 Å². The summed E-state index contributed by atoms with van der Waals surface area (Å²) >= 11 is 7.40. The van der Waals surface area contributed by atoms with E-state index in [1.165, 1.54) is 11.8 Å². The van der Waals surface area contributed by atoms with Crippen molar-refractivity contribution in [2.24, 2.45) is 0 Å². The van der Waals surface area contributed by atoms with Gasteiger partial charge in [0, 0.05) is 22.5 Å². The molecule has 0 bridgehead atoms. The summed E-state index contributed by atoms with van der Waals surface area (Å²) in [5.41, 5.74) is 6.51. The molecule has 0 amide bonds. The Morgan fingerprint density at radius 3 is 2.94 bits per heavy atom. The van der Waals surface area contributed by atoms with E-state index in [2.05, 4.69) is 10.2 Å². The number of halogens is 1. The van der Waals surface area contributed by atoms with Crippen LogP contribution in [-0.2, 0) is 5.75 Å². The fourth-order valence-electron chi connectivity index (χ4n) is 1.17. The van der Waals surface area contributed by atoms with Crippen LogP contribution in [0.15, 0.2) is 27.5 Å². The Morgan fingerprint density at radius 1 is 1.44 bits per heavy atom. The maximum absolute atomic E-state index is 5.88. The van der Waals surface area contributed by atoms with Crippen LogP contribution in [0.1, 0.15) is 11.8 Å². The number of anilines is 1. The number of aryl methyl sites for hydroxylation is 1. The number of benzene rings is 1. The third-order valence-electron chi connectivity index (χ3n) is 1.89. The summed E-state index contributed by atoms with van der Waals surface area (Å²) in [6.45, 7) is 1.76. The predicted molar refractivity (Wildman–Crippen MR) is 64.5 cm³/mol. The van der Waals surface area contributed by atoms with Crippen LogP contribution in [0.25, 0.3) is 0 Å². The Morgan fingerprint density at radius 2 is 2.25 bits per heavy atom. The van der Waals surface area contributed by atoms with Gasteiger partial charge in [0.15, 0.2) is 0 Å². The summed E-state index contributed by atoms with van der Waals surface area (Å²) in [6.07, 6.45) is 0. The fourth-order valence-corrected chi connectivity index (χ4v) is 2.25. The van der Waals surface area contributed by atoms with Gasteiger partial charge in [0.2, 0.25) is 11.8 Å². The van der Waals surface area contributed by atoms with E-state index in [0.29, 0.717) is 28.2 Å². The van der Waals surface area contributed by atoms with Crippen LogP contribution in [0.2, 0.25) is 5.02 Å². The van der Waals surface area contributed by atoms with Gasteiger partial charge < -0.3 is 10.2 Å². The van der Waals surface area contributed by atoms with Crippen LogP contribution in [0.5, 0.6) is 0 Å². The van der Waals surface area contributed by atoms with Crippen LogP contribution in [0, 0.1) is 6.92 Å². The van der Waals surface area contributed by atoms with Gasteiger partial charge in [-0.1, -0.05) is 11.6 Å². The van der Waals surface area contributed by atoms with Gasteiger partial charge in [0.05, 0.1) is 5.75 Å². The second-order valence-electron chi connectivity index (χ2n) is 3.19. The van der Waals surface area contributed by atoms with Gasteiger partial charge in [-0.25, -0.2) is 0 Å². The van der Waals surface area contributed by atoms with Gasteiger partial charge in [-0.15, -0.1) is 22.0 Å². The van der Waals surface area contributed by atoms with Gasteiger partial charge in [0.1, 0.15) is 0 Å². The number of hydrogen-bond donors (Lipinski definition) is 1. The van der Waals surface area contributed by atoms with E-state index in [-0.39, 0.29) is 0 Å². The highest BCUT2D eigenvalue weighted by Gasteiger charge is 2.06. The zero-order chi connectivity index (χ0) is 11.5. The van der Waals surface area contributed by atoms with Crippen molar-refractivity contribution in [3.05, 3.63) is 35.0 Å². The highest BCUT2D eigenvalue weighted by molar-refractivity contribution is 7.98. The number of hydrogen-bond acceptors (Lipinski definition) is 5. The smallest absolute Gasteiger partial charge is 0.226 e. The molecule has 1 aromatic heterocycles. The molecular weight excluding hydrogens is 246 g/mol. The summed E-state index contributed by atoms with van der Waals surface area (Å²) < 4.78 is 5.26. The Balaban J connectivity index is 2.07. The first kappa shape index (κ1) is 11.3. The molecule has 2 N–H and O–H groups in total. The summed E-state index contributed by atoms with van der Waals surface area (Å²) in [7, 11) is 0. The second kappa shape index (κ2) is 4.76. The highest BCUT2D eigenvalue weighted by Crippen LogP contribution is 2.30. The lowest BCUT2D eigenvalue weighted by molar-refractivity contribution is 0.485. The zero-order valence-electron chi connectivity index (χ0n) is 8.61. The van der Waals surface area contributed by atoms with E-state index in [9.17, 15) is 0 Å². The highest BCUT2D eigenvalue weighted by atomic mass is 35.5. The van der Waals surface area contributed by atoms with Gasteiger partial charge in [-0.2, -0.15) is 0 Å². The van der Waals surface area contributed by atoms with Gasteiger partial charge >= 0.3 is 0 Å². The summed E-state index contributed by atoms with van der Waals surface area (Å²) in [5, 5.41) is 8.32. The quantitative estimate of drug-likeness (QED) is 0.675. The molecule has 1 heterocycles. The standard InChI is InChI=1S/C10H10ClN3OS/c1-6-13-14-10(15-6)5-16-9-4-7(11)2-3-8(9)12/h2-4H,5,12H2,1H3. The summed E-state index contributed by atoms with van der Waals surface area (Å²) in [6, 6.07) is 5.37. The first-order valence-electron chi connectivity index (χ1n) is 4.62. The molecule has 16 heavy (non-hydrogen) atoms. The molecule has 0 saturated carbocycles. The molecule has 0 aliphatic carbocycles. The van der Waals surface area contributed by atoms with Crippen LogP contribution >= 0.6 is 23.4 Å². The lowest BCUT2D eigenvalue weighted by Crippen LogP contribution is -1.89. The van der Waals surface area contributed by atoms with Crippen molar-refractivity contribution in [3.63, 3.8) is 0 Å². The van der Waals surface area contributed by atoms with Crippen molar-refractivity contribution in [2.45, 2.75) is 17.6 Å². The number of rotatable bonds is 3. The molecule has 0 fully saturated rings. The van der Waals surface area contributed by atoms with Crippen LogP contribution in [-0.4, -0.2) is 10.2 Å². The molecule has 84 valence electrons. The molecular formula is C10H10ClN3OS. The van der Waals surface area contributed by atoms with Crippen molar-refractivity contribution in [2.75, 3.05) is 5.73 Å². The molecule has 0 atom stereocenters. The average Bonchev–Trinajstić information content (AvgIpc) is 2.66. The van der Waals surface area contributed by atoms with Crippen LogP contribution < -0.4 is 5.73 Å². The monoisotopic (exact) mass is 255 g/mol. The number of nitrogens with zero attached hydrogens (tertiary/aromatic N) is 2. The average molecular weight is 256 g/mol. The van der Waals surface area contributed by atoms with Gasteiger partial charge in [-0.3, -0.25) is 0 Å². The van der Waals surface area contributed by atoms with Crippen LogP contribution in [0.3, 0.4) is 0 Å². The maximum Gasteiger partial charge on any atom is 0.226 e. The van der Waals surface area contributed by atoms with E-state index in [0.717, 1.165) is 4.90 Å². The molecule has 0 aliphatic heterocycles. The number of nitrogens with two attached hydrogens (primary N) is 1. The zero-order valence-corrected chi connectivity index (χ0v) is 10.2. The molecule has 0 aliphatic rings. The lowest BCUT2D eigenvalue weighted by Gasteiger charge is -2.03. The topological polar surface area (TPSA) is 64.9 Å². The SMILES string of the molecule is Cc1nnc(CSc2cc(Cl)ccc2N)o1. The van der Waals surface area contributed by atoms with E-state index >= 15 is 0 Å². The van der Waals surface area contributed by atoms with Crippen molar-refractivity contribution in [3.8, 4) is 0 Å². The summed E-state index contributed by atoms with van der Waals surface area (Å²) in [5.74, 6) is 1.74. The third-order valence-corrected chi connectivity index (χ3v) is 3.19. The normalized spacial score (nSPS) is 10.6. The maximum atomic E-state index is 5.88. The Bertz CT molecular complexity index is 501. The lowest BCUT2D eigenvalue weighted by atomic mass is 10.3. The van der Waals surface area contributed by atoms with Crippen molar-refractivity contribution in [1.29, 1.82) is 0 Å². The molecule has 2 aromatic rings. The van der Waals surface area contributed by atoms with Gasteiger partial charge in [0.25, 0.3) is 0 Å². The van der Waals surface area contributed by atoms with E-state index in [1.807, 2.05) is 6.07 Å². The molecule has 4 nitrogen and oxygen atoms in total. The molecule has 0 unspecified atom stereocenters. The Hall–Kier alpha value is -1.20. The fraction of sp³-hybridized carbons (Fsp3) is 0.200. The minimum absolute atomic E-state index is 0.565. The minimum Gasteiger partial charge on any atom is -0.425 e. The first-order valence-corrected chi connectivity index (χ1v) is 5.98. The molecule has 2 rings (SSSR count). The van der Waals surface area contributed by atoms with Gasteiger partial charge in [-0.05, 0) is 18.2 Å². The molecule has 0 saturated heterocycles. The second-order valence-corrected chi connectivity index (χ2v) is 4.64. The van der Waals surface area contributed by atoms with Crippen molar-refractivity contribution >= 4 is 29.1 Å². The Labute approximate surface area is 102 Å². The van der Waals surface area contributed by atoms with E-state index in [1.54, 1.807) is 19.1 Å². The number of nitrogen functional groups attached to an aromatic ring is 1. The molecule has 0 radical (unpaired) electrons. The first-order chi connectivity index (χ1) is 7.65. The molecule has 1 aromatic carbocycles. The predicted octanol–water partition coefficient (Wildman–Crippen LogP) is 2.91. The molecule has 6 heteroatoms. The third kappa shape index (κ3) is 2.68. The van der Waals surface area contributed by atoms with E-state index < -0.39 is 0 Å².